The van der Waals surface area contributed by atoms with Crippen molar-refractivity contribution >= 4 is 17.7 Å². The smallest absolute Gasteiger partial charge is 0.338 e. The van der Waals surface area contributed by atoms with Gasteiger partial charge in [0.15, 0.2) is 5.78 Å². The topological polar surface area (TPSA) is 72.5 Å². The molecule has 1 aromatic rings. The van der Waals surface area contributed by atoms with Crippen molar-refractivity contribution in [3.63, 3.8) is 0 Å². The van der Waals surface area contributed by atoms with Crippen LogP contribution < -0.4 is 5.32 Å². The molecule has 1 saturated heterocycles. The Morgan fingerprint density at radius 3 is 2.42 bits per heavy atom. The number of carbonyl (C=O) groups is 3. The highest BCUT2D eigenvalue weighted by Crippen LogP contribution is 2.23. The number of amides is 1. The molecule has 0 spiro atoms. The van der Waals surface area contributed by atoms with Gasteiger partial charge in [-0.05, 0) is 26.0 Å². The van der Waals surface area contributed by atoms with Gasteiger partial charge in [-0.1, -0.05) is 18.2 Å². The molecule has 1 unspecified atom stereocenters. The number of ketones is 1. The summed E-state index contributed by atoms with van der Waals surface area (Å²) < 4.78 is 5.24. The summed E-state index contributed by atoms with van der Waals surface area (Å²) in [5, 5.41) is 2.51. The quantitative estimate of drug-likeness (QED) is 0.646. The number of nitrogens with one attached hydrogen (secondary N) is 1. The lowest BCUT2D eigenvalue weighted by Crippen LogP contribution is -2.65. The molecule has 1 aliphatic heterocycles. The molecule has 0 aliphatic carbocycles. The summed E-state index contributed by atoms with van der Waals surface area (Å²) in [6.07, 6.45) is -0.629. The second-order valence-corrected chi connectivity index (χ2v) is 4.60. The van der Waals surface area contributed by atoms with Gasteiger partial charge >= 0.3 is 5.97 Å². The third-order valence-corrected chi connectivity index (χ3v) is 3.21. The van der Waals surface area contributed by atoms with Gasteiger partial charge in [-0.15, -0.1) is 0 Å². The van der Waals surface area contributed by atoms with Gasteiger partial charge in [-0.25, -0.2) is 4.79 Å². The number of rotatable bonds is 4. The van der Waals surface area contributed by atoms with Crippen LogP contribution in [-0.4, -0.2) is 29.8 Å². The molecule has 100 valence electrons. The van der Waals surface area contributed by atoms with Crippen LogP contribution in [0.1, 0.15) is 24.2 Å². The average molecular weight is 261 g/mol. The highest BCUT2D eigenvalue weighted by atomic mass is 16.5. The fourth-order valence-corrected chi connectivity index (χ4v) is 2.12. The van der Waals surface area contributed by atoms with E-state index in [9.17, 15) is 14.4 Å². The largest absolute Gasteiger partial charge is 0.458 e. The molecule has 0 saturated carbocycles. The number of esters is 1. The SMILES string of the molecule is CC(=O)[C@H]1NC(=O)[C@@H]1C(C)OC(=O)c1ccccc1. The van der Waals surface area contributed by atoms with Crippen LogP contribution in [0.5, 0.6) is 0 Å². The Hall–Kier alpha value is -2.17. The molecule has 1 aromatic carbocycles. The minimum atomic E-state index is -0.629. The molecule has 0 bridgehead atoms. The maximum atomic E-state index is 11.8. The molecule has 0 aromatic heterocycles. The first-order valence-corrected chi connectivity index (χ1v) is 6.07. The molecule has 1 heterocycles. The van der Waals surface area contributed by atoms with E-state index in [1.54, 1.807) is 37.3 Å². The van der Waals surface area contributed by atoms with E-state index in [2.05, 4.69) is 5.32 Å². The minimum Gasteiger partial charge on any atom is -0.458 e. The van der Waals surface area contributed by atoms with Crippen molar-refractivity contribution in [1.29, 1.82) is 0 Å². The molecule has 19 heavy (non-hydrogen) atoms. The molecule has 0 radical (unpaired) electrons. The standard InChI is InChI=1S/C14H15NO4/c1-8(16)12-11(13(17)15-12)9(2)19-14(18)10-6-4-3-5-7-10/h3-7,9,11-12H,1-2H3,(H,15,17)/t9?,11-,12-/m1/s1. The molecule has 2 rings (SSSR count). The number of β-lactam (4-membered cyclic amide) rings is 1. The van der Waals surface area contributed by atoms with Gasteiger partial charge in [0.1, 0.15) is 18.1 Å². The van der Waals surface area contributed by atoms with Crippen molar-refractivity contribution < 1.29 is 19.1 Å². The maximum absolute atomic E-state index is 11.8. The molecule has 5 heteroatoms. The third kappa shape index (κ3) is 2.65. The molecule has 3 atom stereocenters. The van der Waals surface area contributed by atoms with Gasteiger partial charge in [0.05, 0.1) is 5.56 Å². The fraction of sp³-hybridized carbons (Fsp3) is 0.357. The van der Waals surface area contributed by atoms with Crippen LogP contribution in [0.4, 0.5) is 0 Å². The second-order valence-electron chi connectivity index (χ2n) is 4.60. The van der Waals surface area contributed by atoms with Gasteiger partial charge in [0, 0.05) is 0 Å². The lowest BCUT2D eigenvalue weighted by molar-refractivity contribution is -0.147. The number of hydrogen-bond donors (Lipinski definition) is 1. The van der Waals surface area contributed by atoms with Crippen LogP contribution in [0.3, 0.4) is 0 Å². The van der Waals surface area contributed by atoms with Crippen molar-refractivity contribution in [3.8, 4) is 0 Å². The Balaban J connectivity index is 2.01. The van der Waals surface area contributed by atoms with Crippen LogP contribution in [0.15, 0.2) is 30.3 Å². The van der Waals surface area contributed by atoms with Crippen LogP contribution in [-0.2, 0) is 14.3 Å². The van der Waals surface area contributed by atoms with Crippen LogP contribution in [0.2, 0.25) is 0 Å². The Kier molecular flexibility index (Phi) is 3.64. The van der Waals surface area contributed by atoms with Gasteiger partial charge in [-0.2, -0.15) is 0 Å². The van der Waals surface area contributed by atoms with E-state index in [4.69, 9.17) is 4.74 Å². The van der Waals surface area contributed by atoms with Crippen molar-refractivity contribution in [2.24, 2.45) is 5.92 Å². The van der Waals surface area contributed by atoms with Crippen LogP contribution in [0.25, 0.3) is 0 Å². The first-order chi connectivity index (χ1) is 9.00. The minimum absolute atomic E-state index is 0.132. The zero-order chi connectivity index (χ0) is 14.0. The predicted molar refractivity (Wildman–Crippen MR) is 67.4 cm³/mol. The molecule has 5 nitrogen and oxygen atoms in total. The molecule has 1 N–H and O–H groups in total. The number of carbonyl (C=O) groups excluding carboxylic acids is 3. The van der Waals surface area contributed by atoms with E-state index in [1.807, 2.05) is 0 Å². The van der Waals surface area contributed by atoms with Crippen molar-refractivity contribution in [3.05, 3.63) is 35.9 Å². The normalized spacial score (nSPS) is 22.9. The van der Waals surface area contributed by atoms with Gasteiger partial charge in [-0.3, -0.25) is 9.59 Å². The molecule has 1 fully saturated rings. The van der Waals surface area contributed by atoms with Crippen LogP contribution >= 0.6 is 0 Å². The van der Waals surface area contributed by atoms with Crippen molar-refractivity contribution in [2.45, 2.75) is 26.0 Å². The number of hydrogen-bond acceptors (Lipinski definition) is 4. The lowest BCUT2D eigenvalue weighted by atomic mass is 9.84. The van der Waals surface area contributed by atoms with Crippen molar-refractivity contribution in [1.82, 2.24) is 5.32 Å². The summed E-state index contributed by atoms with van der Waals surface area (Å²) in [7, 11) is 0. The van der Waals surface area contributed by atoms with Gasteiger partial charge in [0.25, 0.3) is 0 Å². The summed E-state index contributed by atoms with van der Waals surface area (Å²) in [6.45, 7) is 3.03. The molecular formula is C14H15NO4. The van der Waals surface area contributed by atoms with E-state index in [-0.39, 0.29) is 11.7 Å². The number of ether oxygens (including phenoxy) is 1. The number of benzene rings is 1. The Bertz CT molecular complexity index is 511. The Morgan fingerprint density at radius 1 is 1.26 bits per heavy atom. The van der Waals surface area contributed by atoms with E-state index in [1.165, 1.54) is 6.92 Å². The summed E-state index contributed by atoms with van der Waals surface area (Å²) >= 11 is 0. The summed E-state index contributed by atoms with van der Waals surface area (Å²) in [5.41, 5.74) is 0.424. The highest BCUT2D eigenvalue weighted by Gasteiger charge is 2.47. The van der Waals surface area contributed by atoms with Crippen molar-refractivity contribution in [2.75, 3.05) is 0 Å². The Labute approximate surface area is 110 Å². The Morgan fingerprint density at radius 2 is 1.89 bits per heavy atom. The first-order valence-electron chi connectivity index (χ1n) is 6.07. The summed E-state index contributed by atoms with van der Waals surface area (Å²) in [5.74, 6) is -1.47. The lowest BCUT2D eigenvalue weighted by Gasteiger charge is -2.38. The maximum Gasteiger partial charge on any atom is 0.338 e. The fourth-order valence-electron chi connectivity index (χ4n) is 2.12. The van der Waals surface area contributed by atoms with E-state index < -0.39 is 24.0 Å². The second kappa shape index (κ2) is 5.22. The molecule has 1 amide bonds. The average Bonchev–Trinajstić information content (AvgIpc) is 2.36. The predicted octanol–water partition coefficient (Wildman–Crippen LogP) is 0.935. The zero-order valence-corrected chi connectivity index (χ0v) is 10.8. The third-order valence-electron chi connectivity index (χ3n) is 3.21. The van der Waals surface area contributed by atoms with Gasteiger partial charge in [0.2, 0.25) is 5.91 Å². The van der Waals surface area contributed by atoms with E-state index >= 15 is 0 Å². The van der Waals surface area contributed by atoms with E-state index in [0.717, 1.165) is 0 Å². The monoisotopic (exact) mass is 261 g/mol. The molecular weight excluding hydrogens is 246 g/mol. The van der Waals surface area contributed by atoms with Crippen LogP contribution in [0, 0.1) is 5.92 Å². The zero-order valence-electron chi connectivity index (χ0n) is 10.8. The summed E-state index contributed by atoms with van der Waals surface area (Å²) in [6, 6.07) is 7.99. The molecule has 1 aliphatic rings. The summed E-state index contributed by atoms with van der Waals surface area (Å²) in [4.78, 5) is 34.6. The first kappa shape index (κ1) is 13.3. The van der Waals surface area contributed by atoms with Gasteiger partial charge < -0.3 is 10.1 Å². The number of Topliss-reactive ketones (excluding diaryl/α,β-unsaturated/α-hetero) is 1. The van der Waals surface area contributed by atoms with E-state index in [0.29, 0.717) is 5.56 Å². The highest BCUT2D eigenvalue weighted by molar-refractivity contribution is 5.99.